The second-order valence-corrected chi connectivity index (χ2v) is 11.4. The second-order valence-electron chi connectivity index (χ2n) is 7.48. The minimum atomic E-state index is -4.47. The smallest absolute Gasteiger partial charge is 0.341 e. The van der Waals surface area contributed by atoms with E-state index in [9.17, 15) is 32.3 Å². The number of aromatic carboxylic acids is 1. The van der Waals surface area contributed by atoms with E-state index in [-0.39, 0.29) is 22.6 Å². The highest BCUT2D eigenvalue weighted by molar-refractivity contribution is 7.90. The van der Waals surface area contributed by atoms with Gasteiger partial charge in [-0.25, -0.2) is 18.9 Å². The lowest BCUT2D eigenvalue weighted by Crippen LogP contribution is -2.39. The molecule has 0 saturated heterocycles. The Morgan fingerprint density at radius 2 is 1.88 bits per heavy atom. The van der Waals surface area contributed by atoms with Crippen molar-refractivity contribution in [3.63, 3.8) is 0 Å². The van der Waals surface area contributed by atoms with Crippen LogP contribution in [0.5, 0.6) is 0 Å². The molecule has 1 aromatic carbocycles. The van der Waals surface area contributed by atoms with E-state index in [1.54, 1.807) is 9.29 Å². The van der Waals surface area contributed by atoms with Gasteiger partial charge in [-0.3, -0.25) is 9.59 Å². The average Bonchev–Trinajstić information content (AvgIpc) is 3.58. The van der Waals surface area contributed by atoms with Gasteiger partial charge in [0.05, 0.1) is 5.52 Å². The standard InChI is InChI=1S/C20H13Cl3FN3O6S/c21-20(22,23)19(31)26-34(32,33)16-4-1-9(7-25-16)11-6-15-12(5-14(11)24)17(28)13(18(29)30)8-27(15)10-2-3-10/h1,4-8,10H,2-3H2,(H,26,31)(H,29,30). The molecule has 34 heavy (non-hydrogen) atoms. The number of carbonyl (C=O) groups excluding carboxylic acids is 1. The number of sulfonamides is 1. The Balaban J connectivity index is 1.77. The lowest BCUT2D eigenvalue weighted by molar-refractivity contribution is -0.118. The summed E-state index contributed by atoms with van der Waals surface area (Å²) >= 11 is 16.1. The molecule has 0 atom stereocenters. The molecule has 9 nitrogen and oxygen atoms in total. The van der Waals surface area contributed by atoms with Crippen LogP contribution in [0.1, 0.15) is 29.2 Å². The summed E-state index contributed by atoms with van der Waals surface area (Å²) in [6, 6.07) is 4.58. The van der Waals surface area contributed by atoms with E-state index in [0.717, 1.165) is 31.2 Å². The van der Waals surface area contributed by atoms with E-state index < -0.39 is 47.5 Å². The van der Waals surface area contributed by atoms with Crippen molar-refractivity contribution in [2.75, 3.05) is 0 Å². The number of carbonyl (C=O) groups is 2. The molecule has 14 heteroatoms. The first-order chi connectivity index (χ1) is 15.8. The van der Waals surface area contributed by atoms with Gasteiger partial charge >= 0.3 is 5.97 Å². The van der Waals surface area contributed by atoms with E-state index >= 15 is 0 Å². The van der Waals surface area contributed by atoms with Crippen LogP contribution in [-0.4, -0.2) is 38.7 Å². The Kier molecular flexibility index (Phi) is 6.09. The number of alkyl halides is 3. The molecule has 4 rings (SSSR count). The van der Waals surface area contributed by atoms with Crippen molar-refractivity contribution in [2.24, 2.45) is 0 Å². The normalized spacial score (nSPS) is 14.2. The second kappa shape index (κ2) is 8.49. The molecule has 1 aliphatic carbocycles. The molecule has 2 aromatic heterocycles. The highest BCUT2D eigenvalue weighted by atomic mass is 35.6. The number of halogens is 4. The fraction of sp³-hybridized carbons (Fsp3) is 0.200. The summed E-state index contributed by atoms with van der Waals surface area (Å²) in [7, 11) is -4.47. The number of nitrogens with zero attached hydrogens (tertiary/aromatic N) is 2. The number of hydrogen-bond acceptors (Lipinski definition) is 6. The largest absolute Gasteiger partial charge is 0.477 e. The summed E-state index contributed by atoms with van der Waals surface area (Å²) in [5.74, 6) is -3.65. The van der Waals surface area contributed by atoms with Crippen molar-refractivity contribution in [3.8, 4) is 11.1 Å². The number of rotatable bonds is 5. The van der Waals surface area contributed by atoms with Crippen LogP contribution in [0.4, 0.5) is 4.39 Å². The molecule has 178 valence electrons. The van der Waals surface area contributed by atoms with Crippen LogP contribution >= 0.6 is 34.8 Å². The van der Waals surface area contributed by atoms with Crippen LogP contribution < -0.4 is 10.2 Å². The van der Waals surface area contributed by atoms with Crippen molar-refractivity contribution in [2.45, 2.75) is 27.7 Å². The van der Waals surface area contributed by atoms with Crippen LogP contribution in [0.15, 0.2) is 46.5 Å². The molecule has 1 fully saturated rings. The number of pyridine rings is 2. The SMILES string of the molecule is O=C(O)c1cn(C2CC2)c2cc(-c3ccc(S(=O)(=O)NC(=O)C(Cl)(Cl)Cl)nc3)c(F)cc2c1=O. The summed E-state index contributed by atoms with van der Waals surface area (Å²) in [5.41, 5.74) is -0.761. The molecule has 0 radical (unpaired) electrons. The fourth-order valence-electron chi connectivity index (χ4n) is 3.33. The van der Waals surface area contributed by atoms with Crippen LogP contribution in [0.25, 0.3) is 22.0 Å². The number of aromatic nitrogens is 2. The van der Waals surface area contributed by atoms with Crippen molar-refractivity contribution in [1.82, 2.24) is 14.3 Å². The van der Waals surface area contributed by atoms with Gasteiger partial charge in [-0.2, -0.15) is 8.42 Å². The van der Waals surface area contributed by atoms with E-state index in [1.165, 1.54) is 18.3 Å². The van der Waals surface area contributed by atoms with E-state index in [1.807, 2.05) is 0 Å². The first kappa shape index (κ1) is 24.4. The Bertz CT molecular complexity index is 1510. The summed E-state index contributed by atoms with van der Waals surface area (Å²) in [5, 5.41) is 8.66. The highest BCUT2D eigenvalue weighted by Crippen LogP contribution is 2.38. The number of amides is 1. The van der Waals surface area contributed by atoms with Gasteiger partial charge in [0, 0.05) is 34.9 Å². The lowest BCUT2D eigenvalue weighted by Gasteiger charge is -2.14. The number of fused-ring (bicyclic) bond motifs is 1. The van der Waals surface area contributed by atoms with Gasteiger partial charge in [0.2, 0.25) is 5.43 Å². The predicted molar refractivity (Wildman–Crippen MR) is 122 cm³/mol. The highest BCUT2D eigenvalue weighted by Gasteiger charge is 2.34. The molecule has 1 amide bonds. The van der Waals surface area contributed by atoms with Crippen molar-refractivity contribution in [3.05, 3.63) is 58.3 Å². The molecule has 2 N–H and O–H groups in total. The zero-order valence-electron chi connectivity index (χ0n) is 16.8. The van der Waals surface area contributed by atoms with E-state index in [0.29, 0.717) is 5.52 Å². The molecule has 0 unspecified atom stereocenters. The molecule has 1 saturated carbocycles. The van der Waals surface area contributed by atoms with E-state index in [2.05, 4.69) is 4.98 Å². The molecular formula is C20H13Cl3FN3O6S. The van der Waals surface area contributed by atoms with Gasteiger partial charge < -0.3 is 9.67 Å². The Labute approximate surface area is 206 Å². The number of carboxylic acid groups (broad SMARTS) is 1. The van der Waals surface area contributed by atoms with Crippen LogP contribution in [0.3, 0.4) is 0 Å². The number of benzene rings is 1. The lowest BCUT2D eigenvalue weighted by atomic mass is 10.0. The van der Waals surface area contributed by atoms with Crippen LogP contribution in [-0.2, 0) is 14.8 Å². The number of hydrogen-bond donors (Lipinski definition) is 2. The Hall–Kier alpha value is -2.73. The summed E-state index contributed by atoms with van der Waals surface area (Å²) in [6.45, 7) is 0. The summed E-state index contributed by atoms with van der Waals surface area (Å²) in [4.78, 5) is 39.5. The molecule has 0 spiro atoms. The Morgan fingerprint density at radius 1 is 1.21 bits per heavy atom. The maximum absolute atomic E-state index is 15.0. The minimum absolute atomic E-state index is 0.00569. The molecule has 1 aliphatic rings. The van der Waals surface area contributed by atoms with Gasteiger partial charge in [0.25, 0.3) is 19.7 Å². The first-order valence-electron chi connectivity index (χ1n) is 9.51. The average molecular weight is 549 g/mol. The summed E-state index contributed by atoms with van der Waals surface area (Å²) in [6.07, 6.45) is 3.85. The van der Waals surface area contributed by atoms with Gasteiger partial charge in [0.1, 0.15) is 11.4 Å². The minimum Gasteiger partial charge on any atom is -0.477 e. The number of nitrogens with one attached hydrogen (secondary N) is 1. The van der Waals surface area contributed by atoms with Crippen molar-refractivity contribution >= 4 is 67.6 Å². The van der Waals surface area contributed by atoms with Gasteiger partial charge in [-0.1, -0.05) is 34.8 Å². The first-order valence-corrected chi connectivity index (χ1v) is 12.1. The van der Waals surface area contributed by atoms with Gasteiger partial charge in [-0.05, 0) is 37.1 Å². The third kappa shape index (κ3) is 4.61. The third-order valence-electron chi connectivity index (χ3n) is 5.10. The Morgan fingerprint density at radius 3 is 2.41 bits per heavy atom. The quantitative estimate of drug-likeness (QED) is 0.466. The van der Waals surface area contributed by atoms with Crippen LogP contribution in [0.2, 0.25) is 0 Å². The van der Waals surface area contributed by atoms with Gasteiger partial charge in [0.15, 0.2) is 5.03 Å². The predicted octanol–water partition coefficient (Wildman–Crippen LogP) is 3.41. The maximum Gasteiger partial charge on any atom is 0.341 e. The number of carboxylic acids is 1. The maximum atomic E-state index is 15.0. The molecule has 0 aliphatic heterocycles. The summed E-state index contributed by atoms with van der Waals surface area (Å²) < 4.78 is 40.2. The molecule has 2 heterocycles. The molecule has 3 aromatic rings. The molecular weight excluding hydrogens is 536 g/mol. The van der Waals surface area contributed by atoms with Gasteiger partial charge in [-0.15, -0.1) is 0 Å². The third-order valence-corrected chi connectivity index (χ3v) is 6.86. The van der Waals surface area contributed by atoms with E-state index in [4.69, 9.17) is 34.8 Å². The topological polar surface area (TPSA) is 135 Å². The zero-order valence-corrected chi connectivity index (χ0v) is 19.8. The van der Waals surface area contributed by atoms with Crippen molar-refractivity contribution < 1.29 is 27.5 Å². The monoisotopic (exact) mass is 547 g/mol. The molecule has 0 bridgehead atoms. The van der Waals surface area contributed by atoms with Crippen molar-refractivity contribution in [1.29, 1.82) is 0 Å². The zero-order chi connectivity index (χ0) is 25.0. The fourth-order valence-corrected chi connectivity index (χ4v) is 4.58. The van der Waals surface area contributed by atoms with Crippen LogP contribution in [0, 0.1) is 5.82 Å².